The minimum atomic E-state index is -0.0753. The maximum atomic E-state index is 12.3. The molecule has 2 aromatic rings. The third kappa shape index (κ3) is 4.13. The third-order valence-corrected chi connectivity index (χ3v) is 4.74. The Bertz CT molecular complexity index is 658. The van der Waals surface area contributed by atoms with Gasteiger partial charge in [0.1, 0.15) is 0 Å². The number of amides is 1. The van der Waals surface area contributed by atoms with Crippen LogP contribution < -0.4 is 11.1 Å². The zero-order valence-electron chi connectivity index (χ0n) is 12.6. The molecule has 2 atom stereocenters. The summed E-state index contributed by atoms with van der Waals surface area (Å²) in [5, 5.41) is 7.36. The lowest BCUT2D eigenvalue weighted by atomic mass is 10.0. The Labute approximate surface area is 150 Å². The number of benzene rings is 1. The summed E-state index contributed by atoms with van der Waals surface area (Å²) in [7, 11) is 0. The van der Waals surface area contributed by atoms with Crippen LogP contribution in [0, 0.1) is 5.92 Å². The summed E-state index contributed by atoms with van der Waals surface area (Å²) in [5.74, 6) is 0.319. The smallest absolute Gasteiger partial charge is 0.254 e. The van der Waals surface area contributed by atoms with Crippen LogP contribution in [-0.4, -0.2) is 28.3 Å². The normalized spacial score (nSPS) is 20.1. The molecule has 1 fully saturated rings. The molecular formula is C16H20BrClN4O. The Morgan fingerprint density at radius 1 is 1.35 bits per heavy atom. The number of nitrogens with two attached hydrogens (primary N) is 1. The van der Waals surface area contributed by atoms with E-state index in [0.29, 0.717) is 18.0 Å². The molecule has 1 heterocycles. The number of hydrogen-bond acceptors (Lipinski definition) is 3. The molecule has 0 spiro atoms. The highest BCUT2D eigenvalue weighted by molar-refractivity contribution is 9.10. The van der Waals surface area contributed by atoms with E-state index in [2.05, 4.69) is 26.3 Å². The van der Waals surface area contributed by atoms with Crippen molar-refractivity contribution in [3.8, 4) is 5.69 Å². The second kappa shape index (κ2) is 7.95. The van der Waals surface area contributed by atoms with Crippen LogP contribution in [0.2, 0.25) is 0 Å². The quantitative estimate of drug-likeness (QED) is 0.830. The SMILES string of the molecule is Cl.NCC1CCCC1NC(=O)c1cnn(-c2ccc(Br)cc2)c1. The molecule has 124 valence electrons. The molecule has 1 saturated carbocycles. The Morgan fingerprint density at radius 2 is 2.09 bits per heavy atom. The van der Waals surface area contributed by atoms with Crippen molar-refractivity contribution in [2.75, 3.05) is 6.54 Å². The average molecular weight is 400 g/mol. The first kappa shape index (κ1) is 18.0. The largest absolute Gasteiger partial charge is 0.349 e. The molecule has 3 rings (SSSR count). The number of carbonyl (C=O) groups excluding carboxylic acids is 1. The summed E-state index contributed by atoms with van der Waals surface area (Å²) >= 11 is 3.40. The van der Waals surface area contributed by atoms with Gasteiger partial charge in [-0.2, -0.15) is 5.10 Å². The van der Waals surface area contributed by atoms with Crippen LogP contribution in [0.1, 0.15) is 29.6 Å². The van der Waals surface area contributed by atoms with E-state index in [1.165, 1.54) is 0 Å². The lowest BCUT2D eigenvalue weighted by Gasteiger charge is -2.18. The van der Waals surface area contributed by atoms with Crippen molar-refractivity contribution in [1.29, 1.82) is 0 Å². The van der Waals surface area contributed by atoms with Gasteiger partial charge in [0.25, 0.3) is 5.91 Å². The van der Waals surface area contributed by atoms with Crippen molar-refractivity contribution >= 4 is 34.2 Å². The van der Waals surface area contributed by atoms with E-state index < -0.39 is 0 Å². The fourth-order valence-electron chi connectivity index (χ4n) is 2.94. The highest BCUT2D eigenvalue weighted by atomic mass is 79.9. The summed E-state index contributed by atoms with van der Waals surface area (Å²) in [5.41, 5.74) is 7.25. The van der Waals surface area contributed by atoms with E-state index >= 15 is 0 Å². The molecule has 1 aromatic carbocycles. The molecule has 0 bridgehead atoms. The fraction of sp³-hybridized carbons (Fsp3) is 0.375. The van der Waals surface area contributed by atoms with E-state index in [-0.39, 0.29) is 24.4 Å². The van der Waals surface area contributed by atoms with Gasteiger partial charge in [-0.15, -0.1) is 12.4 Å². The maximum absolute atomic E-state index is 12.3. The number of nitrogens with one attached hydrogen (secondary N) is 1. The molecule has 1 aromatic heterocycles. The molecule has 0 saturated heterocycles. The van der Waals surface area contributed by atoms with Gasteiger partial charge in [-0.1, -0.05) is 22.4 Å². The monoisotopic (exact) mass is 398 g/mol. The van der Waals surface area contributed by atoms with Gasteiger partial charge >= 0.3 is 0 Å². The molecule has 23 heavy (non-hydrogen) atoms. The lowest BCUT2D eigenvalue weighted by Crippen LogP contribution is -2.39. The van der Waals surface area contributed by atoms with Crippen LogP contribution in [0.15, 0.2) is 41.1 Å². The Kier molecular flexibility index (Phi) is 6.21. The highest BCUT2D eigenvalue weighted by Crippen LogP contribution is 2.25. The van der Waals surface area contributed by atoms with Crippen molar-refractivity contribution in [3.05, 3.63) is 46.7 Å². The van der Waals surface area contributed by atoms with Gasteiger partial charge in [0.05, 0.1) is 17.4 Å². The number of rotatable bonds is 4. The number of aromatic nitrogens is 2. The first-order valence-electron chi connectivity index (χ1n) is 7.49. The van der Waals surface area contributed by atoms with Gasteiger partial charge in [-0.05, 0) is 49.6 Å². The number of carbonyl (C=O) groups is 1. The standard InChI is InChI=1S/C16H19BrN4O.ClH/c17-13-4-6-14(7-5-13)21-10-12(9-19-21)16(22)20-15-3-1-2-11(15)8-18;/h4-7,9-11,15H,1-3,8,18H2,(H,20,22);1H. The lowest BCUT2D eigenvalue weighted by molar-refractivity contribution is 0.0929. The van der Waals surface area contributed by atoms with Crippen LogP contribution in [0.4, 0.5) is 0 Å². The summed E-state index contributed by atoms with van der Waals surface area (Å²) in [6.45, 7) is 0.628. The first-order chi connectivity index (χ1) is 10.7. The van der Waals surface area contributed by atoms with Crippen molar-refractivity contribution in [2.45, 2.75) is 25.3 Å². The second-order valence-corrected chi connectivity index (χ2v) is 6.57. The second-order valence-electron chi connectivity index (χ2n) is 5.66. The molecule has 1 aliphatic rings. The van der Waals surface area contributed by atoms with Crippen LogP contribution >= 0.6 is 28.3 Å². The Balaban J connectivity index is 0.00000192. The molecule has 2 unspecified atom stereocenters. The minimum Gasteiger partial charge on any atom is -0.349 e. The van der Waals surface area contributed by atoms with E-state index in [1.54, 1.807) is 17.1 Å². The number of nitrogens with zero attached hydrogens (tertiary/aromatic N) is 2. The molecule has 1 amide bonds. The average Bonchev–Trinajstić information content (AvgIpc) is 3.16. The molecule has 3 N–H and O–H groups in total. The predicted molar refractivity (Wildman–Crippen MR) is 96.2 cm³/mol. The van der Waals surface area contributed by atoms with Gasteiger partial charge < -0.3 is 11.1 Å². The van der Waals surface area contributed by atoms with Crippen molar-refractivity contribution in [3.63, 3.8) is 0 Å². The topological polar surface area (TPSA) is 72.9 Å². The van der Waals surface area contributed by atoms with E-state index in [9.17, 15) is 4.79 Å². The molecular weight excluding hydrogens is 380 g/mol. The molecule has 5 nitrogen and oxygen atoms in total. The summed E-state index contributed by atoms with van der Waals surface area (Å²) in [6.07, 6.45) is 6.59. The zero-order chi connectivity index (χ0) is 15.5. The van der Waals surface area contributed by atoms with E-state index in [0.717, 1.165) is 29.4 Å². The van der Waals surface area contributed by atoms with Crippen LogP contribution in [0.5, 0.6) is 0 Å². The zero-order valence-corrected chi connectivity index (χ0v) is 15.0. The predicted octanol–water partition coefficient (Wildman–Crippen LogP) is 2.91. The maximum Gasteiger partial charge on any atom is 0.254 e. The Hall–Kier alpha value is -1.37. The van der Waals surface area contributed by atoms with Crippen LogP contribution in [0.25, 0.3) is 5.69 Å². The van der Waals surface area contributed by atoms with Crippen LogP contribution in [0.3, 0.4) is 0 Å². The van der Waals surface area contributed by atoms with E-state index in [1.807, 2.05) is 24.3 Å². The Morgan fingerprint density at radius 3 is 2.78 bits per heavy atom. The van der Waals surface area contributed by atoms with Crippen molar-refractivity contribution < 1.29 is 4.79 Å². The van der Waals surface area contributed by atoms with Gasteiger partial charge in [-0.25, -0.2) is 4.68 Å². The molecule has 0 aliphatic heterocycles. The molecule has 7 heteroatoms. The van der Waals surface area contributed by atoms with Crippen LogP contribution in [-0.2, 0) is 0 Å². The fourth-order valence-corrected chi connectivity index (χ4v) is 3.20. The van der Waals surface area contributed by atoms with Crippen molar-refractivity contribution in [1.82, 2.24) is 15.1 Å². The summed E-state index contributed by atoms with van der Waals surface area (Å²) in [6, 6.07) is 7.97. The minimum absolute atomic E-state index is 0. The first-order valence-corrected chi connectivity index (χ1v) is 8.28. The van der Waals surface area contributed by atoms with Gasteiger partial charge in [0.2, 0.25) is 0 Å². The third-order valence-electron chi connectivity index (χ3n) is 4.21. The molecule has 0 radical (unpaired) electrons. The number of halogens is 2. The van der Waals surface area contributed by atoms with Crippen molar-refractivity contribution in [2.24, 2.45) is 11.7 Å². The van der Waals surface area contributed by atoms with Gasteiger partial charge in [-0.3, -0.25) is 4.79 Å². The number of hydrogen-bond donors (Lipinski definition) is 2. The highest BCUT2D eigenvalue weighted by Gasteiger charge is 2.27. The van der Waals surface area contributed by atoms with Gasteiger partial charge in [0, 0.05) is 16.7 Å². The summed E-state index contributed by atoms with van der Waals surface area (Å²) in [4.78, 5) is 12.3. The molecule has 1 aliphatic carbocycles. The summed E-state index contributed by atoms with van der Waals surface area (Å²) < 4.78 is 2.71. The van der Waals surface area contributed by atoms with Gasteiger partial charge in [0.15, 0.2) is 0 Å². The van der Waals surface area contributed by atoms with E-state index in [4.69, 9.17) is 5.73 Å².